The van der Waals surface area contributed by atoms with Crippen LogP contribution in [0, 0.1) is 0 Å². The number of unbranched alkanes of at least 4 members (excludes halogenated alkanes) is 16. The molecule has 0 aromatic carbocycles. The van der Waals surface area contributed by atoms with Gasteiger partial charge in [0.25, 0.3) is 0 Å². The van der Waals surface area contributed by atoms with E-state index in [4.69, 9.17) is 0 Å². The molecule has 160 valence electrons. The Morgan fingerprint density at radius 2 is 0.692 bits per heavy atom. The summed E-state index contributed by atoms with van der Waals surface area (Å²) in [5, 5.41) is 0. The van der Waals surface area contributed by atoms with Crippen LogP contribution in [0.25, 0.3) is 0 Å². The lowest BCUT2D eigenvalue weighted by atomic mass is 10.0. The average molecular weight is 390 g/mol. The molecule has 0 saturated heterocycles. The zero-order valence-electron chi connectivity index (χ0n) is 19.0. The first kappa shape index (κ1) is 28.5. The van der Waals surface area contributed by atoms with Gasteiger partial charge in [0, 0.05) is 0 Å². The van der Waals surface area contributed by atoms with Crippen LogP contribution in [0.3, 0.4) is 0 Å². The SMILES string of the molecule is CCCCCCCCCCCCCCCCCCC[N+](C)(C)CCC.[Cl-]. The molecule has 0 bridgehead atoms. The largest absolute Gasteiger partial charge is 1.00 e. The standard InChI is InChI=1S/C24H52N.ClH/c1-5-7-8-9-10-11-12-13-14-15-16-17-18-19-20-21-22-24-25(3,4)23-6-2;/h5-24H2,1-4H3;1H/q+1;/p-1. The molecule has 0 aromatic rings. The zero-order valence-corrected chi connectivity index (χ0v) is 19.7. The molecule has 0 saturated carbocycles. The Hall–Kier alpha value is 0.250. The van der Waals surface area contributed by atoms with Crippen LogP contribution in [-0.4, -0.2) is 31.7 Å². The van der Waals surface area contributed by atoms with E-state index in [9.17, 15) is 0 Å². The molecule has 0 heterocycles. The second-order valence-electron chi connectivity index (χ2n) is 9.04. The van der Waals surface area contributed by atoms with Crippen molar-refractivity contribution in [3.05, 3.63) is 0 Å². The molecule has 1 nitrogen and oxygen atoms in total. The molecule has 0 amide bonds. The topological polar surface area (TPSA) is 0 Å². The van der Waals surface area contributed by atoms with E-state index in [0.717, 1.165) is 0 Å². The van der Waals surface area contributed by atoms with Crippen LogP contribution in [0.5, 0.6) is 0 Å². The summed E-state index contributed by atoms with van der Waals surface area (Å²) < 4.78 is 1.22. The van der Waals surface area contributed by atoms with Crippen molar-refractivity contribution < 1.29 is 16.9 Å². The van der Waals surface area contributed by atoms with Gasteiger partial charge in [0.05, 0.1) is 27.2 Å². The van der Waals surface area contributed by atoms with Crippen molar-refractivity contribution in [2.24, 2.45) is 0 Å². The Kier molecular flexibility index (Phi) is 23.6. The lowest BCUT2D eigenvalue weighted by molar-refractivity contribution is -0.890. The summed E-state index contributed by atoms with van der Waals surface area (Å²) in [5.41, 5.74) is 0. The first-order valence-electron chi connectivity index (χ1n) is 11.9. The summed E-state index contributed by atoms with van der Waals surface area (Å²) in [7, 11) is 4.77. The summed E-state index contributed by atoms with van der Waals surface area (Å²) in [6.07, 6.45) is 26.2. The minimum absolute atomic E-state index is 0. The molecule has 0 rings (SSSR count). The molecule has 0 aromatic heterocycles. The third kappa shape index (κ3) is 22.3. The summed E-state index contributed by atoms with van der Waals surface area (Å²) in [6.45, 7) is 7.30. The van der Waals surface area contributed by atoms with Crippen LogP contribution >= 0.6 is 0 Å². The van der Waals surface area contributed by atoms with Crippen molar-refractivity contribution in [2.75, 3.05) is 27.2 Å². The number of hydrogen-bond donors (Lipinski definition) is 0. The smallest absolute Gasteiger partial charge is 0.0782 e. The number of quaternary nitrogens is 1. The van der Waals surface area contributed by atoms with Gasteiger partial charge in [-0.15, -0.1) is 0 Å². The molecule has 0 aliphatic rings. The summed E-state index contributed by atoms with van der Waals surface area (Å²) in [5.74, 6) is 0. The summed E-state index contributed by atoms with van der Waals surface area (Å²) in [4.78, 5) is 0. The maximum Gasteiger partial charge on any atom is 0.0782 e. The van der Waals surface area contributed by atoms with Crippen LogP contribution in [0.4, 0.5) is 0 Å². The summed E-state index contributed by atoms with van der Waals surface area (Å²) in [6, 6.07) is 0. The van der Waals surface area contributed by atoms with Crippen molar-refractivity contribution >= 4 is 0 Å². The molecule has 0 atom stereocenters. The molecule has 0 unspecified atom stereocenters. The van der Waals surface area contributed by atoms with Gasteiger partial charge in [-0.1, -0.05) is 110 Å². The Morgan fingerprint density at radius 3 is 1.00 bits per heavy atom. The Morgan fingerprint density at radius 1 is 0.385 bits per heavy atom. The molecule has 0 spiro atoms. The average Bonchev–Trinajstić information content (AvgIpc) is 2.57. The van der Waals surface area contributed by atoms with Crippen molar-refractivity contribution in [1.29, 1.82) is 0 Å². The van der Waals surface area contributed by atoms with E-state index >= 15 is 0 Å². The number of rotatable bonds is 20. The number of halogens is 1. The normalized spacial score (nSPS) is 11.5. The fourth-order valence-electron chi connectivity index (χ4n) is 3.98. The van der Waals surface area contributed by atoms with Gasteiger partial charge in [-0.3, -0.25) is 0 Å². The second-order valence-corrected chi connectivity index (χ2v) is 9.04. The third-order valence-electron chi connectivity index (χ3n) is 5.70. The van der Waals surface area contributed by atoms with Crippen LogP contribution in [0.2, 0.25) is 0 Å². The predicted molar refractivity (Wildman–Crippen MR) is 116 cm³/mol. The number of nitrogens with zero attached hydrogens (tertiary/aromatic N) is 1. The minimum atomic E-state index is 0. The van der Waals surface area contributed by atoms with Crippen molar-refractivity contribution in [3.8, 4) is 0 Å². The molecular formula is C24H52ClN. The maximum atomic E-state index is 2.38. The fourth-order valence-corrected chi connectivity index (χ4v) is 3.98. The van der Waals surface area contributed by atoms with E-state index in [0.29, 0.717) is 0 Å². The van der Waals surface area contributed by atoms with Crippen LogP contribution in [0.15, 0.2) is 0 Å². The molecule has 0 aliphatic heterocycles. The summed E-state index contributed by atoms with van der Waals surface area (Å²) >= 11 is 0. The molecule has 0 N–H and O–H groups in total. The number of hydrogen-bond acceptors (Lipinski definition) is 0. The van der Waals surface area contributed by atoms with Crippen molar-refractivity contribution in [2.45, 2.75) is 129 Å². The first-order valence-corrected chi connectivity index (χ1v) is 11.9. The molecular weight excluding hydrogens is 338 g/mol. The highest BCUT2D eigenvalue weighted by molar-refractivity contribution is 4.50. The van der Waals surface area contributed by atoms with E-state index in [1.165, 1.54) is 133 Å². The Bertz CT molecular complexity index is 253. The molecule has 0 aliphatic carbocycles. The highest BCUT2D eigenvalue weighted by Crippen LogP contribution is 2.14. The monoisotopic (exact) mass is 389 g/mol. The first-order chi connectivity index (χ1) is 12.1. The second kappa shape index (κ2) is 21.5. The van der Waals surface area contributed by atoms with Gasteiger partial charge in [-0.05, 0) is 19.3 Å². The fraction of sp³-hybridized carbons (Fsp3) is 1.00. The van der Waals surface area contributed by atoms with Gasteiger partial charge in [0.1, 0.15) is 0 Å². The molecule has 0 fully saturated rings. The Labute approximate surface area is 173 Å². The molecule has 26 heavy (non-hydrogen) atoms. The minimum Gasteiger partial charge on any atom is -1.00 e. The van der Waals surface area contributed by atoms with Crippen molar-refractivity contribution in [1.82, 2.24) is 0 Å². The maximum absolute atomic E-state index is 2.38. The molecule has 0 radical (unpaired) electrons. The van der Waals surface area contributed by atoms with Crippen LogP contribution < -0.4 is 12.4 Å². The van der Waals surface area contributed by atoms with Gasteiger partial charge in [0.2, 0.25) is 0 Å². The van der Waals surface area contributed by atoms with Gasteiger partial charge in [-0.2, -0.15) is 0 Å². The third-order valence-corrected chi connectivity index (χ3v) is 5.70. The van der Waals surface area contributed by atoms with E-state index < -0.39 is 0 Å². The van der Waals surface area contributed by atoms with Crippen LogP contribution in [-0.2, 0) is 0 Å². The zero-order chi connectivity index (χ0) is 18.6. The van der Waals surface area contributed by atoms with Crippen LogP contribution in [0.1, 0.15) is 129 Å². The molecule has 2 heteroatoms. The lowest BCUT2D eigenvalue weighted by Crippen LogP contribution is -3.00. The Balaban J connectivity index is 0. The van der Waals surface area contributed by atoms with E-state index in [-0.39, 0.29) is 12.4 Å². The highest BCUT2D eigenvalue weighted by Gasteiger charge is 2.11. The highest BCUT2D eigenvalue weighted by atomic mass is 35.5. The van der Waals surface area contributed by atoms with Gasteiger partial charge in [0.15, 0.2) is 0 Å². The van der Waals surface area contributed by atoms with Gasteiger partial charge in [-0.25, -0.2) is 0 Å². The van der Waals surface area contributed by atoms with E-state index in [1.807, 2.05) is 0 Å². The lowest BCUT2D eigenvalue weighted by Gasteiger charge is -2.29. The van der Waals surface area contributed by atoms with Gasteiger partial charge < -0.3 is 16.9 Å². The van der Waals surface area contributed by atoms with E-state index in [1.54, 1.807) is 0 Å². The predicted octanol–water partition coefficient (Wildman–Crippen LogP) is 5.13. The van der Waals surface area contributed by atoms with E-state index in [2.05, 4.69) is 27.9 Å². The van der Waals surface area contributed by atoms with Crippen molar-refractivity contribution in [3.63, 3.8) is 0 Å². The quantitative estimate of drug-likeness (QED) is 0.200. The van der Waals surface area contributed by atoms with Gasteiger partial charge >= 0.3 is 0 Å².